The average Bonchev–Trinajstić information content (AvgIpc) is 3.62. The Hall–Kier alpha value is -4.11. The minimum atomic E-state index is 0.454. The van der Waals surface area contributed by atoms with Crippen LogP contribution >= 0.6 is 11.8 Å². The second kappa shape index (κ2) is 12.0. The van der Waals surface area contributed by atoms with Crippen molar-refractivity contribution in [3.8, 4) is 28.6 Å². The fourth-order valence-corrected chi connectivity index (χ4v) is 4.94. The average molecular weight is 528 g/mol. The maximum absolute atomic E-state index is 5.56. The number of benzene rings is 3. The third-order valence-electron chi connectivity index (χ3n) is 6.23. The van der Waals surface area contributed by atoms with Crippen molar-refractivity contribution in [3.05, 3.63) is 95.6 Å². The van der Waals surface area contributed by atoms with Gasteiger partial charge in [0, 0.05) is 18.2 Å². The highest BCUT2D eigenvalue weighted by atomic mass is 32.2. The second-order valence-electron chi connectivity index (χ2n) is 8.61. The van der Waals surface area contributed by atoms with E-state index < -0.39 is 0 Å². The zero-order valence-electron chi connectivity index (χ0n) is 21.6. The van der Waals surface area contributed by atoms with E-state index in [0.717, 1.165) is 41.5 Å². The van der Waals surface area contributed by atoms with Gasteiger partial charge in [-0.1, -0.05) is 66.3 Å². The lowest BCUT2D eigenvalue weighted by atomic mass is 10.1. The number of ether oxygens (including phenoxy) is 2. The summed E-state index contributed by atoms with van der Waals surface area (Å²) in [4.78, 5) is 4.59. The molecule has 0 aliphatic rings. The highest BCUT2D eigenvalue weighted by Crippen LogP contribution is 2.32. The predicted octanol–water partition coefficient (Wildman–Crippen LogP) is 5.97. The normalized spacial score (nSPS) is 11.0. The van der Waals surface area contributed by atoms with Crippen LogP contribution in [0.25, 0.3) is 17.1 Å². The van der Waals surface area contributed by atoms with E-state index in [1.807, 2.05) is 18.2 Å². The lowest BCUT2D eigenvalue weighted by Gasteiger charge is -2.11. The molecule has 0 bridgehead atoms. The van der Waals surface area contributed by atoms with Crippen LogP contribution in [-0.4, -0.2) is 39.1 Å². The third-order valence-corrected chi connectivity index (χ3v) is 7.14. The van der Waals surface area contributed by atoms with E-state index in [-0.39, 0.29) is 0 Å². The Kier molecular flexibility index (Phi) is 8.04. The van der Waals surface area contributed by atoms with E-state index in [0.29, 0.717) is 29.0 Å². The SMILES string of the molecule is CCc1ccc(-n2c(CCc3ccccc3)nnc2SCc2nc(-c3ccc(OC)cc3OC)no2)cc1. The van der Waals surface area contributed by atoms with Crippen molar-refractivity contribution in [2.75, 3.05) is 14.2 Å². The Labute approximate surface area is 226 Å². The molecule has 0 aliphatic heterocycles. The van der Waals surface area contributed by atoms with Gasteiger partial charge in [0.2, 0.25) is 11.7 Å². The predicted molar refractivity (Wildman–Crippen MR) is 147 cm³/mol. The van der Waals surface area contributed by atoms with Crippen LogP contribution in [0.4, 0.5) is 0 Å². The molecule has 0 N–H and O–H groups in total. The topological polar surface area (TPSA) is 88.1 Å². The largest absolute Gasteiger partial charge is 0.497 e. The molecule has 0 fully saturated rings. The molecule has 2 heterocycles. The van der Waals surface area contributed by atoms with Crippen molar-refractivity contribution in [2.45, 2.75) is 37.1 Å². The Morgan fingerprint density at radius 1 is 0.868 bits per heavy atom. The maximum atomic E-state index is 5.56. The van der Waals surface area contributed by atoms with Gasteiger partial charge in [0.05, 0.1) is 25.5 Å². The summed E-state index contributed by atoms with van der Waals surface area (Å²) < 4.78 is 18.5. The van der Waals surface area contributed by atoms with E-state index in [4.69, 9.17) is 14.0 Å². The minimum absolute atomic E-state index is 0.454. The van der Waals surface area contributed by atoms with Crippen LogP contribution in [0.5, 0.6) is 11.5 Å². The van der Waals surface area contributed by atoms with Crippen molar-refractivity contribution >= 4 is 11.8 Å². The Bertz CT molecular complexity index is 1480. The molecule has 0 atom stereocenters. The molecule has 3 aromatic carbocycles. The highest BCUT2D eigenvalue weighted by Gasteiger charge is 2.18. The van der Waals surface area contributed by atoms with Crippen molar-refractivity contribution in [3.63, 3.8) is 0 Å². The molecule has 0 amide bonds. The van der Waals surface area contributed by atoms with Crippen LogP contribution in [0, 0.1) is 0 Å². The van der Waals surface area contributed by atoms with Crippen LogP contribution in [0.2, 0.25) is 0 Å². The molecule has 0 unspecified atom stereocenters. The van der Waals surface area contributed by atoms with E-state index in [2.05, 4.69) is 80.4 Å². The monoisotopic (exact) mass is 527 g/mol. The lowest BCUT2D eigenvalue weighted by molar-refractivity contribution is 0.388. The first-order valence-electron chi connectivity index (χ1n) is 12.4. The number of nitrogens with zero attached hydrogens (tertiary/aromatic N) is 5. The first-order chi connectivity index (χ1) is 18.7. The molecule has 9 heteroatoms. The van der Waals surface area contributed by atoms with E-state index >= 15 is 0 Å². The number of thioether (sulfide) groups is 1. The Morgan fingerprint density at radius 3 is 2.42 bits per heavy atom. The van der Waals surface area contributed by atoms with Gasteiger partial charge in [0.15, 0.2) is 5.16 Å². The fraction of sp³-hybridized carbons (Fsp3) is 0.241. The maximum Gasteiger partial charge on any atom is 0.237 e. The van der Waals surface area contributed by atoms with Crippen molar-refractivity contribution < 1.29 is 14.0 Å². The summed E-state index contributed by atoms with van der Waals surface area (Å²) in [7, 11) is 3.21. The zero-order chi connectivity index (χ0) is 26.3. The van der Waals surface area contributed by atoms with Crippen molar-refractivity contribution in [1.29, 1.82) is 0 Å². The summed E-state index contributed by atoms with van der Waals surface area (Å²) in [6, 6.07) is 24.5. The minimum Gasteiger partial charge on any atom is -0.497 e. The third kappa shape index (κ3) is 5.73. The number of hydrogen-bond acceptors (Lipinski definition) is 8. The van der Waals surface area contributed by atoms with E-state index in [1.165, 1.54) is 22.9 Å². The van der Waals surface area contributed by atoms with Gasteiger partial charge in [0.25, 0.3) is 0 Å². The van der Waals surface area contributed by atoms with E-state index in [9.17, 15) is 0 Å². The number of hydrogen-bond donors (Lipinski definition) is 0. The molecule has 194 valence electrons. The summed E-state index contributed by atoms with van der Waals surface area (Å²) in [6.45, 7) is 2.15. The van der Waals surface area contributed by atoms with Crippen LogP contribution in [0.1, 0.15) is 29.8 Å². The summed E-state index contributed by atoms with van der Waals surface area (Å²) in [6.07, 6.45) is 2.64. The highest BCUT2D eigenvalue weighted by molar-refractivity contribution is 7.98. The van der Waals surface area contributed by atoms with Crippen molar-refractivity contribution in [1.82, 2.24) is 24.9 Å². The Balaban J connectivity index is 1.37. The van der Waals surface area contributed by atoms with Gasteiger partial charge in [-0.2, -0.15) is 4.98 Å². The molecule has 0 radical (unpaired) electrons. The quantitative estimate of drug-likeness (QED) is 0.194. The van der Waals surface area contributed by atoms with Crippen LogP contribution in [0.15, 0.2) is 82.5 Å². The molecule has 0 aliphatic carbocycles. The van der Waals surface area contributed by atoms with Gasteiger partial charge >= 0.3 is 0 Å². The summed E-state index contributed by atoms with van der Waals surface area (Å²) in [5.41, 5.74) is 4.32. The summed E-state index contributed by atoms with van der Waals surface area (Å²) in [5.74, 6) is 3.62. The van der Waals surface area contributed by atoms with Gasteiger partial charge in [-0.05, 0) is 48.2 Å². The van der Waals surface area contributed by atoms with Gasteiger partial charge in [0.1, 0.15) is 17.3 Å². The molecule has 0 saturated heterocycles. The second-order valence-corrected chi connectivity index (χ2v) is 9.55. The molecule has 5 rings (SSSR count). The van der Waals surface area contributed by atoms with Gasteiger partial charge in [-0.25, -0.2) is 0 Å². The van der Waals surface area contributed by atoms with Crippen molar-refractivity contribution in [2.24, 2.45) is 0 Å². The first-order valence-corrected chi connectivity index (χ1v) is 13.4. The lowest BCUT2D eigenvalue weighted by Crippen LogP contribution is -2.05. The molecule has 38 heavy (non-hydrogen) atoms. The smallest absolute Gasteiger partial charge is 0.237 e. The van der Waals surface area contributed by atoms with E-state index in [1.54, 1.807) is 20.3 Å². The van der Waals surface area contributed by atoms with Crippen LogP contribution in [-0.2, 0) is 25.0 Å². The molecular weight excluding hydrogens is 498 g/mol. The molecule has 0 saturated carbocycles. The first kappa shape index (κ1) is 25.5. The standard InChI is InChI=1S/C29H29N5O3S/c1-4-20-10-13-22(14-11-20)34-26(17-12-21-8-6-5-7-9-21)31-32-29(34)38-19-27-30-28(33-37-27)24-16-15-23(35-2)18-25(24)36-3/h5-11,13-16,18H,4,12,17,19H2,1-3H3. The van der Waals surface area contributed by atoms with Crippen LogP contribution in [0.3, 0.4) is 0 Å². The fourth-order valence-electron chi connectivity index (χ4n) is 4.13. The zero-order valence-corrected chi connectivity index (χ0v) is 22.4. The summed E-state index contributed by atoms with van der Waals surface area (Å²) in [5, 5.41) is 14.0. The number of aryl methyl sites for hydroxylation is 3. The summed E-state index contributed by atoms with van der Waals surface area (Å²) >= 11 is 1.51. The molecule has 5 aromatic rings. The molecule has 8 nitrogen and oxygen atoms in total. The Morgan fingerprint density at radius 2 is 1.68 bits per heavy atom. The molecular formula is C29H29N5O3S. The van der Waals surface area contributed by atoms with Gasteiger partial charge in [-0.3, -0.25) is 4.57 Å². The number of rotatable bonds is 11. The van der Waals surface area contributed by atoms with Crippen LogP contribution < -0.4 is 9.47 Å². The molecule has 2 aromatic heterocycles. The van der Waals surface area contributed by atoms with Gasteiger partial charge < -0.3 is 14.0 Å². The number of methoxy groups -OCH3 is 2. The number of aromatic nitrogens is 5. The van der Waals surface area contributed by atoms with Gasteiger partial charge in [-0.15, -0.1) is 10.2 Å². The molecule has 0 spiro atoms.